The van der Waals surface area contributed by atoms with E-state index in [1.807, 2.05) is 19.1 Å². The fourth-order valence-corrected chi connectivity index (χ4v) is 2.24. The molecule has 0 spiro atoms. The highest BCUT2D eigenvalue weighted by atomic mass is 79.9. The molecule has 2 N–H and O–H groups in total. The third-order valence-electron chi connectivity index (χ3n) is 2.62. The van der Waals surface area contributed by atoms with Gasteiger partial charge in [0.1, 0.15) is 0 Å². The van der Waals surface area contributed by atoms with Crippen molar-refractivity contribution in [1.82, 2.24) is 15.5 Å². The molecule has 0 saturated carbocycles. The van der Waals surface area contributed by atoms with E-state index in [2.05, 4.69) is 50.6 Å². The van der Waals surface area contributed by atoms with Crippen molar-refractivity contribution in [3.8, 4) is 0 Å². The first-order valence-electron chi connectivity index (χ1n) is 6.24. The van der Waals surface area contributed by atoms with Crippen LogP contribution in [0.3, 0.4) is 0 Å². The van der Waals surface area contributed by atoms with Gasteiger partial charge in [-0.1, -0.05) is 30.5 Å². The van der Waals surface area contributed by atoms with Gasteiger partial charge in [0.15, 0.2) is 0 Å². The molecule has 0 saturated heterocycles. The maximum atomic E-state index is 6.10. The Labute approximate surface area is 131 Å². The molecule has 0 amide bonds. The van der Waals surface area contributed by atoms with E-state index in [0.717, 1.165) is 15.7 Å². The van der Waals surface area contributed by atoms with E-state index < -0.39 is 0 Å². The van der Waals surface area contributed by atoms with Crippen molar-refractivity contribution < 1.29 is 4.42 Å². The lowest BCUT2D eigenvalue weighted by atomic mass is 10.2. The Hall–Kier alpha value is -1.11. The predicted molar refractivity (Wildman–Crippen MR) is 83.4 cm³/mol. The van der Waals surface area contributed by atoms with Crippen molar-refractivity contribution in [2.75, 3.05) is 5.32 Å². The number of hydrogen-bond donors (Lipinski definition) is 2. The number of nitrogens with one attached hydrogen (secondary N) is 2. The van der Waals surface area contributed by atoms with Gasteiger partial charge in [-0.05, 0) is 40.5 Å². The lowest BCUT2D eigenvalue weighted by Crippen LogP contribution is -2.21. The van der Waals surface area contributed by atoms with Crippen LogP contribution in [0.25, 0.3) is 0 Å². The Morgan fingerprint density at radius 1 is 1.35 bits per heavy atom. The molecule has 0 aliphatic heterocycles. The van der Waals surface area contributed by atoms with Gasteiger partial charge < -0.3 is 15.1 Å². The topological polar surface area (TPSA) is 63.0 Å². The van der Waals surface area contributed by atoms with E-state index >= 15 is 0 Å². The second-order valence-electron chi connectivity index (χ2n) is 4.74. The van der Waals surface area contributed by atoms with Crippen molar-refractivity contribution in [2.24, 2.45) is 0 Å². The summed E-state index contributed by atoms with van der Waals surface area (Å²) >= 11 is 9.58. The second-order valence-corrected chi connectivity index (χ2v) is 6.00. The molecule has 2 rings (SSSR count). The van der Waals surface area contributed by atoms with Gasteiger partial charge in [0.05, 0.1) is 12.2 Å². The summed E-state index contributed by atoms with van der Waals surface area (Å²) in [5.74, 6) is 0.538. The number of aryl methyl sites for hydroxylation is 1. The van der Waals surface area contributed by atoms with Gasteiger partial charge in [0, 0.05) is 15.5 Å². The van der Waals surface area contributed by atoms with Crippen molar-refractivity contribution in [1.29, 1.82) is 0 Å². The number of hydrogen-bond acceptors (Lipinski definition) is 5. The molecular formula is C13H16BrClN4O. The van der Waals surface area contributed by atoms with Crippen LogP contribution >= 0.6 is 27.5 Å². The molecule has 0 bridgehead atoms. The third kappa shape index (κ3) is 3.94. The highest BCUT2D eigenvalue weighted by Crippen LogP contribution is 2.31. The van der Waals surface area contributed by atoms with E-state index in [0.29, 0.717) is 29.5 Å². The predicted octanol–water partition coefficient (Wildman–Crippen LogP) is 4.04. The molecule has 1 aromatic heterocycles. The Balaban J connectivity index is 2.09. The molecule has 7 heteroatoms. The molecule has 1 heterocycles. The van der Waals surface area contributed by atoms with Crippen LogP contribution < -0.4 is 10.6 Å². The average molecular weight is 360 g/mol. The highest BCUT2D eigenvalue weighted by Gasteiger charge is 2.10. The summed E-state index contributed by atoms with van der Waals surface area (Å²) in [6, 6.07) is 4.45. The molecule has 0 aliphatic carbocycles. The maximum absolute atomic E-state index is 6.10. The summed E-state index contributed by atoms with van der Waals surface area (Å²) in [5.41, 5.74) is 1.78. The van der Waals surface area contributed by atoms with Gasteiger partial charge in [-0.25, -0.2) is 0 Å². The van der Waals surface area contributed by atoms with E-state index in [-0.39, 0.29) is 0 Å². The molecule has 2 aromatic rings. The second kappa shape index (κ2) is 6.56. The van der Waals surface area contributed by atoms with E-state index in [1.54, 1.807) is 0 Å². The summed E-state index contributed by atoms with van der Waals surface area (Å²) in [5, 5.41) is 14.9. The minimum atomic E-state index is 0.339. The quantitative estimate of drug-likeness (QED) is 0.843. The molecular weight excluding hydrogens is 344 g/mol. The van der Waals surface area contributed by atoms with Crippen molar-refractivity contribution in [3.05, 3.63) is 33.1 Å². The lowest BCUT2D eigenvalue weighted by Gasteiger charge is -2.07. The number of nitrogens with zero attached hydrogens (tertiary/aromatic N) is 2. The van der Waals surface area contributed by atoms with Crippen LogP contribution in [0.1, 0.15) is 25.3 Å². The first kappa shape index (κ1) is 15.3. The maximum Gasteiger partial charge on any atom is 0.320 e. The molecule has 0 unspecified atom stereocenters. The van der Waals surface area contributed by atoms with Crippen LogP contribution in [-0.2, 0) is 6.54 Å². The fourth-order valence-electron chi connectivity index (χ4n) is 1.52. The molecule has 20 heavy (non-hydrogen) atoms. The Morgan fingerprint density at radius 2 is 2.10 bits per heavy atom. The van der Waals surface area contributed by atoms with Crippen LogP contribution in [-0.4, -0.2) is 16.2 Å². The van der Waals surface area contributed by atoms with Crippen molar-refractivity contribution >= 4 is 39.2 Å². The summed E-state index contributed by atoms with van der Waals surface area (Å²) in [6.07, 6.45) is 0. The molecule has 0 radical (unpaired) electrons. The van der Waals surface area contributed by atoms with Crippen LogP contribution in [0.15, 0.2) is 21.0 Å². The summed E-state index contributed by atoms with van der Waals surface area (Å²) in [7, 11) is 0. The number of benzene rings is 1. The zero-order valence-corrected chi connectivity index (χ0v) is 13.8. The molecule has 5 nitrogen and oxygen atoms in total. The molecule has 108 valence electrons. The SMILES string of the molecule is Cc1cc(Br)c(Nc2nnc(CNC(C)C)o2)cc1Cl. The van der Waals surface area contributed by atoms with Crippen molar-refractivity contribution in [3.63, 3.8) is 0 Å². The Bertz CT molecular complexity index is 600. The van der Waals surface area contributed by atoms with E-state index in [9.17, 15) is 0 Å². The third-order valence-corrected chi connectivity index (χ3v) is 3.68. The first-order chi connectivity index (χ1) is 9.45. The van der Waals surface area contributed by atoms with Crippen LogP contribution in [0.4, 0.5) is 11.7 Å². The minimum Gasteiger partial charge on any atom is -0.406 e. The fraction of sp³-hybridized carbons (Fsp3) is 0.385. The van der Waals surface area contributed by atoms with Gasteiger partial charge in [-0.15, -0.1) is 5.10 Å². The van der Waals surface area contributed by atoms with E-state index in [4.69, 9.17) is 16.0 Å². The zero-order valence-electron chi connectivity index (χ0n) is 11.5. The number of rotatable bonds is 5. The normalized spacial score (nSPS) is 11.1. The van der Waals surface area contributed by atoms with Gasteiger partial charge in [-0.2, -0.15) is 0 Å². The van der Waals surface area contributed by atoms with Crippen molar-refractivity contribution in [2.45, 2.75) is 33.4 Å². The Morgan fingerprint density at radius 3 is 2.80 bits per heavy atom. The summed E-state index contributed by atoms with van der Waals surface area (Å²) in [6.45, 7) is 6.60. The van der Waals surface area contributed by atoms with Crippen LogP contribution in [0.2, 0.25) is 5.02 Å². The molecule has 0 aliphatic rings. The monoisotopic (exact) mass is 358 g/mol. The molecule has 1 aromatic carbocycles. The zero-order chi connectivity index (χ0) is 14.7. The molecule has 0 fully saturated rings. The van der Waals surface area contributed by atoms with Gasteiger partial charge in [0.25, 0.3) is 0 Å². The molecule has 0 atom stereocenters. The minimum absolute atomic E-state index is 0.339. The lowest BCUT2D eigenvalue weighted by molar-refractivity contribution is 0.460. The van der Waals surface area contributed by atoms with Gasteiger partial charge >= 0.3 is 6.01 Å². The smallest absolute Gasteiger partial charge is 0.320 e. The average Bonchev–Trinajstić information content (AvgIpc) is 2.81. The van der Waals surface area contributed by atoms with Gasteiger partial charge in [0.2, 0.25) is 5.89 Å². The first-order valence-corrected chi connectivity index (χ1v) is 7.41. The van der Waals surface area contributed by atoms with Gasteiger partial charge in [-0.3, -0.25) is 0 Å². The number of aromatic nitrogens is 2. The largest absolute Gasteiger partial charge is 0.406 e. The summed E-state index contributed by atoms with van der Waals surface area (Å²) < 4.78 is 6.39. The highest BCUT2D eigenvalue weighted by molar-refractivity contribution is 9.10. The van der Waals surface area contributed by atoms with Crippen LogP contribution in [0, 0.1) is 6.92 Å². The number of halogens is 2. The summed E-state index contributed by atoms with van der Waals surface area (Å²) in [4.78, 5) is 0. The van der Waals surface area contributed by atoms with E-state index in [1.165, 1.54) is 0 Å². The Kier molecular flexibility index (Phi) is 5.01. The number of anilines is 2. The standard InChI is InChI=1S/C13H16BrClN4O/c1-7(2)16-6-12-18-19-13(20-12)17-11-5-10(15)8(3)4-9(11)14/h4-5,7,16H,6H2,1-3H3,(H,17,19). The van der Waals surface area contributed by atoms with Crippen LogP contribution in [0.5, 0.6) is 0 Å².